The van der Waals surface area contributed by atoms with E-state index in [0.29, 0.717) is 17.0 Å². The van der Waals surface area contributed by atoms with E-state index in [1.54, 1.807) is 0 Å². The van der Waals surface area contributed by atoms with Crippen LogP contribution in [0.3, 0.4) is 0 Å². The van der Waals surface area contributed by atoms with Gasteiger partial charge in [0.1, 0.15) is 5.82 Å². The van der Waals surface area contributed by atoms with Gasteiger partial charge in [0.05, 0.1) is 32.0 Å². The number of nitrogens with zero attached hydrogens (tertiary/aromatic N) is 2. The summed E-state index contributed by atoms with van der Waals surface area (Å²) in [6.07, 6.45) is -4.97. The maximum atomic E-state index is 14.0. The van der Waals surface area contributed by atoms with Crippen LogP contribution in [0.1, 0.15) is 16.5 Å². The number of alkyl halides is 3. The molecule has 190 valence electrons. The first-order chi connectivity index (χ1) is 16.6. The highest BCUT2D eigenvalue weighted by molar-refractivity contribution is 7.86. The summed E-state index contributed by atoms with van der Waals surface area (Å²) in [4.78, 5) is 14.7. The van der Waals surface area contributed by atoms with Crippen LogP contribution in [-0.2, 0) is 16.3 Å². The number of halogens is 7. The zero-order valence-corrected chi connectivity index (χ0v) is 20.9. The van der Waals surface area contributed by atoms with Crippen molar-refractivity contribution < 1.29 is 35.3 Å². The van der Waals surface area contributed by atoms with Gasteiger partial charge < -0.3 is 4.90 Å². The lowest BCUT2D eigenvalue weighted by Crippen LogP contribution is -2.48. The summed E-state index contributed by atoms with van der Waals surface area (Å²) >= 11 is 18.6. The lowest BCUT2D eigenvalue weighted by atomic mass is 9.92. The molecule has 1 heterocycles. The molecular formula is C22H13Cl3F4N2O4S. The Morgan fingerprint density at radius 2 is 1.56 bits per heavy atom. The maximum Gasteiger partial charge on any atom is 0.416 e. The molecule has 0 fully saturated rings. The molecule has 2 amide bonds. The number of anilines is 2. The minimum atomic E-state index is -5.13. The zero-order chi connectivity index (χ0) is 26.7. The van der Waals surface area contributed by atoms with E-state index >= 15 is 0 Å². The van der Waals surface area contributed by atoms with Crippen molar-refractivity contribution in [3.63, 3.8) is 0 Å². The highest BCUT2D eigenvalue weighted by atomic mass is 35.5. The number of rotatable bonds is 3. The summed E-state index contributed by atoms with van der Waals surface area (Å²) in [7, 11) is -4.11. The van der Waals surface area contributed by atoms with Gasteiger partial charge in [-0.2, -0.15) is 21.6 Å². The van der Waals surface area contributed by atoms with E-state index in [9.17, 15) is 35.3 Å². The number of para-hydroxylation sites is 1. The smallest absolute Gasteiger partial charge is 0.304 e. The molecular weight excluding hydrogens is 571 g/mol. The quantitative estimate of drug-likeness (QED) is 0.255. The maximum absolute atomic E-state index is 14.0. The Labute approximate surface area is 217 Å². The number of carbonyl (C=O) groups excluding carboxylic acids is 1. The summed E-state index contributed by atoms with van der Waals surface area (Å²) in [5.74, 6) is -0.798. The molecule has 0 aromatic heterocycles. The fraction of sp³-hybridized carbons (Fsp3) is 0.136. The number of hydrogen-bond acceptors (Lipinski definition) is 3. The van der Waals surface area contributed by atoms with Crippen LogP contribution < -0.4 is 4.90 Å². The SMILES string of the molecule is CN1C(=O)N(c2c(Cl)cccc2Cl)c2cc(C(F)(F)F)cc(-c3ccc(F)cc3Cl)c2C1S(=O)(=O)O. The van der Waals surface area contributed by atoms with Crippen LogP contribution in [0.5, 0.6) is 0 Å². The van der Waals surface area contributed by atoms with E-state index in [0.717, 1.165) is 30.1 Å². The highest BCUT2D eigenvalue weighted by Crippen LogP contribution is 2.52. The van der Waals surface area contributed by atoms with Gasteiger partial charge in [0.25, 0.3) is 10.1 Å². The molecule has 1 N–H and O–H groups in total. The summed E-state index contributed by atoms with van der Waals surface area (Å²) in [5, 5.41) is -2.73. The van der Waals surface area contributed by atoms with Gasteiger partial charge in [0.15, 0.2) is 5.37 Å². The van der Waals surface area contributed by atoms with Crippen molar-refractivity contribution in [2.45, 2.75) is 11.6 Å². The second-order valence-electron chi connectivity index (χ2n) is 7.75. The van der Waals surface area contributed by atoms with Crippen LogP contribution >= 0.6 is 34.8 Å². The molecule has 0 radical (unpaired) electrons. The van der Waals surface area contributed by atoms with Gasteiger partial charge in [-0.05, 0) is 48.0 Å². The van der Waals surface area contributed by atoms with Crippen molar-refractivity contribution in [2.75, 3.05) is 11.9 Å². The van der Waals surface area contributed by atoms with Crippen LogP contribution in [0.2, 0.25) is 15.1 Å². The molecule has 1 unspecified atom stereocenters. The van der Waals surface area contributed by atoms with Crippen LogP contribution in [0.4, 0.5) is 33.7 Å². The second kappa shape index (κ2) is 9.07. The molecule has 0 spiro atoms. The van der Waals surface area contributed by atoms with E-state index in [2.05, 4.69) is 0 Å². The Morgan fingerprint density at radius 1 is 0.944 bits per heavy atom. The van der Waals surface area contributed by atoms with Crippen LogP contribution in [-0.4, -0.2) is 30.9 Å². The van der Waals surface area contributed by atoms with Crippen molar-refractivity contribution >= 4 is 62.3 Å². The molecule has 36 heavy (non-hydrogen) atoms. The normalized spacial score (nSPS) is 16.4. The predicted octanol–water partition coefficient (Wildman–Crippen LogP) is 7.56. The largest absolute Gasteiger partial charge is 0.416 e. The molecule has 1 aliphatic heterocycles. The number of benzene rings is 3. The van der Waals surface area contributed by atoms with E-state index in [1.807, 2.05) is 0 Å². The molecule has 0 saturated carbocycles. The summed E-state index contributed by atoms with van der Waals surface area (Å²) in [5.41, 5.74) is -3.10. The topological polar surface area (TPSA) is 77.9 Å². The number of amides is 2. The number of urea groups is 1. The first kappa shape index (κ1) is 26.5. The average Bonchev–Trinajstić information content (AvgIpc) is 2.74. The first-order valence-electron chi connectivity index (χ1n) is 9.80. The second-order valence-corrected chi connectivity index (χ2v) is 10.4. The van der Waals surface area contributed by atoms with Gasteiger partial charge in [0.2, 0.25) is 0 Å². The van der Waals surface area contributed by atoms with E-state index in [1.165, 1.54) is 18.2 Å². The molecule has 1 aliphatic rings. The van der Waals surface area contributed by atoms with Crippen molar-refractivity contribution in [1.82, 2.24) is 4.90 Å². The Hall–Kier alpha value is -2.57. The summed E-state index contributed by atoms with van der Waals surface area (Å²) in [6, 6.07) is 6.89. The van der Waals surface area contributed by atoms with Crippen molar-refractivity contribution in [3.05, 3.63) is 80.5 Å². The number of fused-ring (bicyclic) bond motifs is 1. The fourth-order valence-electron chi connectivity index (χ4n) is 4.00. The van der Waals surface area contributed by atoms with E-state index < -0.39 is 55.9 Å². The van der Waals surface area contributed by atoms with E-state index in [-0.39, 0.29) is 26.3 Å². The Bertz CT molecular complexity index is 1500. The Kier molecular flexibility index (Phi) is 6.67. The molecule has 3 aromatic carbocycles. The minimum absolute atomic E-state index is 0.126. The molecule has 0 bridgehead atoms. The predicted molar refractivity (Wildman–Crippen MR) is 128 cm³/mol. The van der Waals surface area contributed by atoms with Gasteiger partial charge in [-0.3, -0.25) is 9.45 Å². The van der Waals surface area contributed by atoms with Gasteiger partial charge in [-0.1, -0.05) is 40.9 Å². The van der Waals surface area contributed by atoms with Crippen molar-refractivity contribution in [3.8, 4) is 11.1 Å². The third-order valence-electron chi connectivity index (χ3n) is 5.48. The number of hydrogen-bond donors (Lipinski definition) is 1. The Balaban J connectivity index is 2.22. The Morgan fingerprint density at radius 3 is 2.08 bits per heavy atom. The molecule has 6 nitrogen and oxygen atoms in total. The fourth-order valence-corrected chi connectivity index (χ4v) is 5.87. The van der Waals surface area contributed by atoms with Crippen LogP contribution in [0.15, 0.2) is 48.5 Å². The van der Waals surface area contributed by atoms with Crippen LogP contribution in [0, 0.1) is 5.82 Å². The van der Waals surface area contributed by atoms with Gasteiger partial charge in [0, 0.05) is 18.2 Å². The van der Waals surface area contributed by atoms with Gasteiger partial charge >= 0.3 is 12.2 Å². The molecule has 4 rings (SSSR count). The third-order valence-corrected chi connectivity index (χ3v) is 7.52. The lowest BCUT2D eigenvalue weighted by Gasteiger charge is -2.41. The monoisotopic (exact) mass is 582 g/mol. The molecule has 14 heteroatoms. The molecule has 0 aliphatic carbocycles. The minimum Gasteiger partial charge on any atom is -0.304 e. The molecule has 3 aromatic rings. The molecule has 1 atom stereocenters. The first-order valence-corrected chi connectivity index (χ1v) is 12.4. The standard InChI is InChI=1S/C22H13Cl3F4N2O4S/c1-30-20(36(33,34)35)18-13(12-6-5-11(26)9-16(12)25)7-10(22(27,28)29)8-17(18)31(21(30)32)19-14(23)3-2-4-15(19)24/h2-9,20H,1H3,(H,33,34,35). The van der Waals surface area contributed by atoms with Crippen LogP contribution in [0.25, 0.3) is 11.1 Å². The van der Waals surface area contributed by atoms with E-state index in [4.69, 9.17) is 34.8 Å². The molecule has 0 saturated heterocycles. The third kappa shape index (κ3) is 4.50. The summed E-state index contributed by atoms with van der Waals surface area (Å²) in [6.45, 7) is 0. The van der Waals surface area contributed by atoms with Gasteiger partial charge in [-0.15, -0.1) is 0 Å². The van der Waals surface area contributed by atoms with Crippen molar-refractivity contribution in [2.24, 2.45) is 0 Å². The highest BCUT2D eigenvalue weighted by Gasteiger charge is 2.47. The zero-order valence-electron chi connectivity index (χ0n) is 17.8. The number of carbonyl (C=O) groups is 1. The average molecular weight is 584 g/mol. The summed E-state index contributed by atoms with van der Waals surface area (Å²) < 4.78 is 90.7. The van der Waals surface area contributed by atoms with Gasteiger partial charge in [-0.25, -0.2) is 9.18 Å². The van der Waals surface area contributed by atoms with Crippen molar-refractivity contribution in [1.29, 1.82) is 0 Å². The lowest BCUT2D eigenvalue weighted by molar-refractivity contribution is -0.137.